The minimum absolute atomic E-state index is 0.810. The SMILES string of the molecule is CN1CCNCC1CCC1CCCC1. The molecule has 0 aromatic heterocycles. The molecule has 1 aliphatic heterocycles. The molecular formula is C12H24N2. The molecule has 0 radical (unpaired) electrons. The van der Waals surface area contributed by atoms with Gasteiger partial charge in [-0.05, 0) is 25.8 Å². The number of nitrogens with one attached hydrogen (secondary N) is 1. The van der Waals surface area contributed by atoms with Crippen molar-refractivity contribution in [1.29, 1.82) is 0 Å². The second kappa shape index (κ2) is 5.13. The molecule has 0 aromatic carbocycles. The van der Waals surface area contributed by atoms with Crippen molar-refractivity contribution in [2.24, 2.45) is 5.92 Å². The van der Waals surface area contributed by atoms with Gasteiger partial charge in [0.05, 0.1) is 0 Å². The maximum Gasteiger partial charge on any atom is 0.0218 e. The van der Waals surface area contributed by atoms with Gasteiger partial charge in [-0.25, -0.2) is 0 Å². The van der Waals surface area contributed by atoms with Crippen LogP contribution < -0.4 is 5.32 Å². The minimum atomic E-state index is 0.810. The number of nitrogens with zero attached hydrogens (tertiary/aromatic N) is 1. The summed E-state index contributed by atoms with van der Waals surface area (Å²) < 4.78 is 0. The quantitative estimate of drug-likeness (QED) is 0.741. The first-order chi connectivity index (χ1) is 6.86. The molecule has 0 aromatic rings. The van der Waals surface area contributed by atoms with E-state index in [1.807, 2.05) is 0 Å². The van der Waals surface area contributed by atoms with Crippen LogP contribution in [-0.2, 0) is 0 Å². The van der Waals surface area contributed by atoms with Crippen LogP contribution in [0.4, 0.5) is 0 Å². The molecule has 1 unspecified atom stereocenters. The van der Waals surface area contributed by atoms with Crippen molar-refractivity contribution in [3.8, 4) is 0 Å². The largest absolute Gasteiger partial charge is 0.314 e. The van der Waals surface area contributed by atoms with E-state index in [1.165, 1.54) is 58.2 Å². The molecule has 1 aliphatic carbocycles. The van der Waals surface area contributed by atoms with Gasteiger partial charge in [-0.2, -0.15) is 0 Å². The first kappa shape index (κ1) is 10.4. The summed E-state index contributed by atoms with van der Waals surface area (Å²) in [5, 5.41) is 3.50. The average Bonchev–Trinajstić information content (AvgIpc) is 2.69. The van der Waals surface area contributed by atoms with Crippen molar-refractivity contribution in [3.63, 3.8) is 0 Å². The Hall–Kier alpha value is -0.0800. The van der Waals surface area contributed by atoms with E-state index in [0.29, 0.717) is 0 Å². The van der Waals surface area contributed by atoms with Crippen LogP contribution in [0.2, 0.25) is 0 Å². The third-order valence-corrected chi connectivity index (χ3v) is 4.03. The van der Waals surface area contributed by atoms with E-state index >= 15 is 0 Å². The van der Waals surface area contributed by atoms with Crippen molar-refractivity contribution < 1.29 is 0 Å². The normalized spacial score (nSPS) is 31.1. The van der Waals surface area contributed by atoms with Crippen molar-refractivity contribution in [1.82, 2.24) is 10.2 Å². The Morgan fingerprint density at radius 2 is 2.00 bits per heavy atom. The van der Waals surface area contributed by atoms with Crippen LogP contribution in [0.3, 0.4) is 0 Å². The molecule has 1 saturated heterocycles. The molecule has 0 bridgehead atoms. The van der Waals surface area contributed by atoms with Gasteiger partial charge in [-0.3, -0.25) is 0 Å². The Bertz CT molecular complexity index is 164. The summed E-state index contributed by atoms with van der Waals surface area (Å²) in [6.45, 7) is 3.62. The third kappa shape index (κ3) is 2.71. The maximum atomic E-state index is 3.50. The Labute approximate surface area is 88.1 Å². The van der Waals surface area contributed by atoms with Crippen LogP contribution in [-0.4, -0.2) is 37.6 Å². The van der Waals surface area contributed by atoms with E-state index < -0.39 is 0 Å². The molecule has 2 nitrogen and oxygen atoms in total. The summed E-state index contributed by atoms with van der Waals surface area (Å²) in [5.74, 6) is 1.06. The van der Waals surface area contributed by atoms with Gasteiger partial charge in [-0.15, -0.1) is 0 Å². The lowest BCUT2D eigenvalue weighted by Crippen LogP contribution is -2.49. The van der Waals surface area contributed by atoms with Gasteiger partial charge >= 0.3 is 0 Å². The summed E-state index contributed by atoms with van der Waals surface area (Å²) in [4.78, 5) is 2.53. The average molecular weight is 196 g/mol. The van der Waals surface area contributed by atoms with Gasteiger partial charge in [0, 0.05) is 25.7 Å². The molecule has 82 valence electrons. The van der Waals surface area contributed by atoms with Crippen LogP contribution in [0.25, 0.3) is 0 Å². The lowest BCUT2D eigenvalue weighted by molar-refractivity contribution is 0.181. The van der Waals surface area contributed by atoms with Crippen molar-refractivity contribution in [2.75, 3.05) is 26.7 Å². The third-order valence-electron chi connectivity index (χ3n) is 4.03. The molecule has 1 atom stereocenters. The highest BCUT2D eigenvalue weighted by atomic mass is 15.2. The highest BCUT2D eigenvalue weighted by Crippen LogP contribution is 2.29. The number of likely N-dealkylation sites (N-methyl/N-ethyl adjacent to an activating group) is 1. The van der Waals surface area contributed by atoms with Crippen LogP contribution >= 0.6 is 0 Å². The fraction of sp³-hybridized carbons (Fsp3) is 1.00. The van der Waals surface area contributed by atoms with Gasteiger partial charge in [0.2, 0.25) is 0 Å². The van der Waals surface area contributed by atoms with E-state index in [4.69, 9.17) is 0 Å². The molecule has 2 heteroatoms. The number of rotatable bonds is 3. The highest BCUT2D eigenvalue weighted by Gasteiger charge is 2.21. The predicted octanol–water partition coefficient (Wildman–Crippen LogP) is 1.86. The Balaban J connectivity index is 1.67. The smallest absolute Gasteiger partial charge is 0.0218 e. The number of hydrogen-bond donors (Lipinski definition) is 1. The van der Waals surface area contributed by atoms with E-state index in [-0.39, 0.29) is 0 Å². The van der Waals surface area contributed by atoms with Gasteiger partial charge in [0.25, 0.3) is 0 Å². The Morgan fingerprint density at radius 1 is 1.21 bits per heavy atom. The molecule has 14 heavy (non-hydrogen) atoms. The van der Waals surface area contributed by atoms with Gasteiger partial charge in [-0.1, -0.05) is 25.7 Å². The minimum Gasteiger partial charge on any atom is -0.314 e. The van der Waals surface area contributed by atoms with Crippen LogP contribution in [0.15, 0.2) is 0 Å². The first-order valence-corrected chi connectivity index (χ1v) is 6.27. The van der Waals surface area contributed by atoms with Crippen LogP contribution in [0, 0.1) is 5.92 Å². The second-order valence-electron chi connectivity index (χ2n) is 5.07. The lowest BCUT2D eigenvalue weighted by atomic mass is 9.97. The van der Waals surface area contributed by atoms with Gasteiger partial charge < -0.3 is 10.2 Å². The summed E-state index contributed by atoms with van der Waals surface area (Å²) >= 11 is 0. The molecule has 0 spiro atoms. The standard InChI is InChI=1S/C12H24N2/c1-14-9-8-13-10-12(14)7-6-11-4-2-3-5-11/h11-13H,2-10H2,1H3. The summed E-state index contributed by atoms with van der Waals surface area (Å²) in [7, 11) is 2.28. The van der Waals surface area contributed by atoms with Gasteiger partial charge in [0.1, 0.15) is 0 Å². The molecule has 1 saturated carbocycles. The van der Waals surface area contributed by atoms with Crippen LogP contribution in [0.5, 0.6) is 0 Å². The Kier molecular flexibility index (Phi) is 3.82. The van der Waals surface area contributed by atoms with Crippen LogP contribution in [0.1, 0.15) is 38.5 Å². The summed E-state index contributed by atoms with van der Waals surface area (Å²) in [6.07, 6.45) is 8.87. The van der Waals surface area contributed by atoms with E-state index in [1.54, 1.807) is 0 Å². The molecule has 1 N–H and O–H groups in total. The second-order valence-corrected chi connectivity index (χ2v) is 5.07. The molecular weight excluding hydrogens is 172 g/mol. The summed E-state index contributed by atoms with van der Waals surface area (Å²) in [5.41, 5.74) is 0. The fourth-order valence-corrected chi connectivity index (χ4v) is 2.91. The lowest BCUT2D eigenvalue weighted by Gasteiger charge is -2.33. The zero-order chi connectivity index (χ0) is 9.80. The topological polar surface area (TPSA) is 15.3 Å². The maximum absolute atomic E-state index is 3.50. The highest BCUT2D eigenvalue weighted by molar-refractivity contribution is 4.79. The molecule has 2 aliphatic rings. The Morgan fingerprint density at radius 3 is 2.71 bits per heavy atom. The van der Waals surface area contributed by atoms with Crippen molar-refractivity contribution in [3.05, 3.63) is 0 Å². The summed E-state index contributed by atoms with van der Waals surface area (Å²) in [6, 6.07) is 0.810. The van der Waals surface area contributed by atoms with Gasteiger partial charge in [0.15, 0.2) is 0 Å². The van der Waals surface area contributed by atoms with Crippen molar-refractivity contribution >= 4 is 0 Å². The first-order valence-electron chi connectivity index (χ1n) is 6.27. The molecule has 2 fully saturated rings. The van der Waals surface area contributed by atoms with E-state index in [0.717, 1.165) is 12.0 Å². The molecule has 0 amide bonds. The zero-order valence-corrected chi connectivity index (χ0v) is 9.47. The predicted molar refractivity (Wildman–Crippen MR) is 60.5 cm³/mol. The number of piperazine rings is 1. The number of hydrogen-bond acceptors (Lipinski definition) is 2. The monoisotopic (exact) mass is 196 g/mol. The van der Waals surface area contributed by atoms with Crippen molar-refractivity contribution in [2.45, 2.75) is 44.6 Å². The molecule has 2 rings (SSSR count). The zero-order valence-electron chi connectivity index (χ0n) is 9.47. The van der Waals surface area contributed by atoms with E-state index in [2.05, 4.69) is 17.3 Å². The van der Waals surface area contributed by atoms with E-state index in [9.17, 15) is 0 Å². The fourth-order valence-electron chi connectivity index (χ4n) is 2.91. The molecule has 1 heterocycles.